The zero-order chi connectivity index (χ0) is 9.42. The molecule has 1 aromatic carbocycles. The molecule has 2 rings (SSSR count). The molecule has 71 valence electrons. The van der Waals surface area contributed by atoms with Gasteiger partial charge >= 0.3 is 0 Å². The van der Waals surface area contributed by atoms with E-state index in [0.717, 1.165) is 0 Å². The second-order valence-electron chi connectivity index (χ2n) is 2.36. The maximum absolute atomic E-state index is 13.0. The van der Waals surface area contributed by atoms with E-state index in [2.05, 4.69) is 11.1 Å². The molecule has 1 heterocycles. The van der Waals surface area contributed by atoms with Crippen LogP contribution in [-0.2, 0) is 32.7 Å². The predicted molar refractivity (Wildman–Crippen MR) is 43.4 cm³/mol. The van der Waals surface area contributed by atoms with Gasteiger partial charge in [-0.3, -0.25) is 4.98 Å². The van der Waals surface area contributed by atoms with Gasteiger partial charge in [0.05, 0.1) is 0 Å². The fraction of sp³-hybridized carbons (Fsp3) is 0.125. The standard InChI is InChI=1S/C8H3F3NS.Y/c9-4-2-1-3-5-6(4)13-8(12-5)7(10)11;/h1-2,7H;/q-1;. The summed E-state index contributed by atoms with van der Waals surface area (Å²) in [5.41, 5.74) is 0.167. The molecule has 1 radical (unpaired) electrons. The van der Waals surface area contributed by atoms with Gasteiger partial charge in [-0.2, -0.15) is 23.5 Å². The number of alkyl halides is 2. The molecule has 0 aliphatic heterocycles. The number of hydrogen-bond donors (Lipinski definition) is 0. The predicted octanol–water partition coefficient (Wildman–Crippen LogP) is 3.17. The van der Waals surface area contributed by atoms with Gasteiger partial charge in [0, 0.05) is 38.5 Å². The average Bonchev–Trinajstić information content (AvgIpc) is 2.49. The first-order valence-corrected chi connectivity index (χ1v) is 4.25. The van der Waals surface area contributed by atoms with Gasteiger partial charge in [-0.25, -0.2) is 13.2 Å². The molecule has 0 fully saturated rings. The summed E-state index contributed by atoms with van der Waals surface area (Å²) in [6, 6.07) is 5.10. The molecule has 0 aliphatic carbocycles. The molecule has 0 spiro atoms. The molecule has 0 unspecified atom stereocenters. The topological polar surface area (TPSA) is 12.9 Å². The van der Waals surface area contributed by atoms with Crippen LogP contribution in [0, 0.1) is 11.9 Å². The summed E-state index contributed by atoms with van der Waals surface area (Å²) < 4.78 is 37.4. The van der Waals surface area contributed by atoms with Crippen molar-refractivity contribution in [2.45, 2.75) is 6.43 Å². The zero-order valence-electron chi connectivity index (χ0n) is 6.80. The summed E-state index contributed by atoms with van der Waals surface area (Å²) in [7, 11) is 0. The first kappa shape index (κ1) is 12.1. The van der Waals surface area contributed by atoms with Crippen LogP contribution in [0.4, 0.5) is 13.2 Å². The molecule has 1 nitrogen and oxygen atoms in total. The molecule has 0 aliphatic rings. The van der Waals surface area contributed by atoms with Gasteiger partial charge in [-0.1, -0.05) is 0 Å². The SMILES string of the molecule is Fc1cc[c-]c2nc(C(F)F)sc12.[Y]. The molecule has 0 saturated heterocycles. The second kappa shape index (κ2) is 4.68. The number of benzene rings is 1. The molecule has 0 atom stereocenters. The number of thiazole rings is 1. The van der Waals surface area contributed by atoms with E-state index < -0.39 is 12.2 Å². The van der Waals surface area contributed by atoms with E-state index in [-0.39, 0.29) is 47.9 Å². The smallest absolute Gasteiger partial charge is 0.263 e. The molecular formula is C8H3F3NSY-. The van der Waals surface area contributed by atoms with Gasteiger partial charge in [0.1, 0.15) is 5.01 Å². The fourth-order valence-electron chi connectivity index (χ4n) is 0.959. The van der Waals surface area contributed by atoms with Crippen molar-refractivity contribution in [3.05, 3.63) is 29.0 Å². The Hall–Kier alpha value is 0.00390. The van der Waals surface area contributed by atoms with E-state index in [0.29, 0.717) is 11.3 Å². The van der Waals surface area contributed by atoms with Gasteiger partial charge < -0.3 is 0 Å². The molecule has 1 aromatic heterocycles. The maximum atomic E-state index is 13.0. The van der Waals surface area contributed by atoms with Crippen LogP contribution in [-0.4, -0.2) is 4.98 Å². The third-order valence-electron chi connectivity index (χ3n) is 1.50. The molecule has 14 heavy (non-hydrogen) atoms. The molecule has 0 N–H and O–H groups in total. The molecule has 0 saturated carbocycles. The number of nitrogens with zero attached hydrogens (tertiary/aromatic N) is 1. The number of hydrogen-bond acceptors (Lipinski definition) is 2. The molecule has 6 heteroatoms. The van der Waals surface area contributed by atoms with E-state index in [1.807, 2.05) is 0 Å². The third-order valence-corrected chi connectivity index (χ3v) is 2.57. The van der Waals surface area contributed by atoms with Crippen molar-refractivity contribution in [1.29, 1.82) is 0 Å². The third kappa shape index (κ3) is 2.15. The number of halogens is 3. The summed E-state index contributed by atoms with van der Waals surface area (Å²) in [5.74, 6) is -0.529. The molecule has 2 aromatic rings. The Labute approximate surface area is 107 Å². The molecule has 0 amide bonds. The largest absolute Gasteiger partial charge is 0.288 e. The summed E-state index contributed by atoms with van der Waals surface area (Å²) >= 11 is 0.665. The van der Waals surface area contributed by atoms with E-state index in [9.17, 15) is 13.2 Å². The molecule has 0 bridgehead atoms. The van der Waals surface area contributed by atoms with Crippen LogP contribution in [0.3, 0.4) is 0 Å². The number of aromatic nitrogens is 1. The van der Waals surface area contributed by atoms with Crippen LogP contribution in [0.15, 0.2) is 12.1 Å². The van der Waals surface area contributed by atoms with Crippen molar-refractivity contribution in [2.24, 2.45) is 0 Å². The maximum Gasteiger partial charge on any atom is 0.288 e. The van der Waals surface area contributed by atoms with Crippen LogP contribution in [0.1, 0.15) is 11.4 Å². The molecular weight excluding hydrogens is 288 g/mol. The Kier molecular flexibility index (Phi) is 4.04. The Morgan fingerprint density at radius 1 is 1.43 bits per heavy atom. The minimum absolute atomic E-state index is 0. The summed E-state index contributed by atoms with van der Waals surface area (Å²) in [6.45, 7) is 0. The normalized spacial score (nSPS) is 10.6. The van der Waals surface area contributed by atoms with Gasteiger partial charge in [0.15, 0.2) is 0 Å². The Morgan fingerprint density at radius 2 is 2.14 bits per heavy atom. The quantitative estimate of drug-likeness (QED) is 0.735. The Morgan fingerprint density at radius 3 is 2.71 bits per heavy atom. The van der Waals surface area contributed by atoms with E-state index in [4.69, 9.17) is 0 Å². The van der Waals surface area contributed by atoms with Crippen LogP contribution >= 0.6 is 11.3 Å². The van der Waals surface area contributed by atoms with E-state index in [1.54, 1.807) is 0 Å². The minimum atomic E-state index is -2.65. The first-order valence-electron chi connectivity index (χ1n) is 3.43. The van der Waals surface area contributed by atoms with E-state index >= 15 is 0 Å². The second-order valence-corrected chi connectivity index (χ2v) is 3.39. The van der Waals surface area contributed by atoms with Gasteiger partial charge in [-0.05, 0) is 10.2 Å². The number of fused-ring (bicyclic) bond motifs is 1. The van der Waals surface area contributed by atoms with Crippen molar-refractivity contribution in [3.8, 4) is 0 Å². The minimum Gasteiger partial charge on any atom is -0.263 e. The average molecular weight is 291 g/mol. The van der Waals surface area contributed by atoms with Crippen LogP contribution in [0.2, 0.25) is 0 Å². The van der Waals surface area contributed by atoms with Crippen LogP contribution < -0.4 is 0 Å². The summed E-state index contributed by atoms with van der Waals surface area (Å²) in [4.78, 5) is 3.55. The first-order chi connectivity index (χ1) is 6.18. The van der Waals surface area contributed by atoms with Gasteiger partial charge in [0.25, 0.3) is 6.43 Å². The van der Waals surface area contributed by atoms with Gasteiger partial charge in [0.2, 0.25) is 0 Å². The van der Waals surface area contributed by atoms with Crippen LogP contribution in [0.25, 0.3) is 10.2 Å². The number of rotatable bonds is 1. The van der Waals surface area contributed by atoms with Crippen LogP contribution in [0.5, 0.6) is 0 Å². The monoisotopic (exact) mass is 291 g/mol. The van der Waals surface area contributed by atoms with Crippen molar-refractivity contribution in [2.75, 3.05) is 0 Å². The summed E-state index contributed by atoms with van der Waals surface area (Å²) in [5, 5.41) is -0.364. The van der Waals surface area contributed by atoms with Crippen molar-refractivity contribution < 1.29 is 45.9 Å². The van der Waals surface area contributed by atoms with Crippen molar-refractivity contribution in [1.82, 2.24) is 4.98 Å². The van der Waals surface area contributed by atoms with Gasteiger partial charge in [-0.15, -0.1) is 6.07 Å². The zero-order valence-corrected chi connectivity index (χ0v) is 10.5. The Balaban J connectivity index is 0.000000980. The van der Waals surface area contributed by atoms with Crippen molar-refractivity contribution in [3.63, 3.8) is 0 Å². The van der Waals surface area contributed by atoms with E-state index in [1.165, 1.54) is 12.1 Å². The summed E-state index contributed by atoms with van der Waals surface area (Å²) in [6.07, 6.45) is -2.65. The van der Waals surface area contributed by atoms with Crippen molar-refractivity contribution >= 4 is 21.6 Å². The Bertz CT molecular complexity index is 443. The fourth-order valence-corrected chi connectivity index (χ4v) is 1.76.